The molecular weight excluding hydrogens is 375 g/mol. The Morgan fingerprint density at radius 3 is 1.92 bits per heavy atom. The van der Waals surface area contributed by atoms with E-state index < -0.39 is 0 Å². The van der Waals surface area contributed by atoms with E-state index in [1.807, 2.05) is 9.80 Å². The van der Waals surface area contributed by atoms with Crippen molar-refractivity contribution in [3.63, 3.8) is 0 Å². The molecule has 2 saturated heterocycles. The Hall–Kier alpha value is -0.560. The summed E-state index contributed by atoms with van der Waals surface area (Å²) in [5.41, 5.74) is 0. The molecule has 2 aliphatic heterocycles. The topological polar surface area (TPSA) is 55.9 Å². The van der Waals surface area contributed by atoms with Gasteiger partial charge in [0.1, 0.15) is 0 Å². The van der Waals surface area contributed by atoms with Crippen LogP contribution in [-0.4, -0.2) is 85.4 Å². The lowest BCUT2D eigenvalue weighted by molar-refractivity contribution is -0.140. The number of hydrogen-bond donors (Lipinski definition) is 1. The molecule has 1 N–H and O–H groups in total. The fourth-order valence-corrected chi connectivity index (χ4v) is 3.60. The summed E-state index contributed by atoms with van der Waals surface area (Å²) in [6.45, 7) is 11.4. The summed E-state index contributed by atoms with van der Waals surface area (Å²) in [5, 5.41) is 3.37. The van der Waals surface area contributed by atoms with Gasteiger partial charge in [0, 0.05) is 32.6 Å². The van der Waals surface area contributed by atoms with E-state index in [2.05, 4.69) is 24.1 Å². The number of rotatable bonds is 7. The second kappa shape index (κ2) is 13.6. The summed E-state index contributed by atoms with van der Waals surface area (Å²) in [7, 11) is 0. The van der Waals surface area contributed by atoms with E-state index in [9.17, 15) is 9.59 Å². The Morgan fingerprint density at radius 2 is 1.42 bits per heavy atom. The Balaban J connectivity index is 0.00000312. The van der Waals surface area contributed by atoms with Crippen molar-refractivity contribution >= 4 is 36.6 Å². The third kappa shape index (κ3) is 7.99. The molecule has 0 atom stereocenters. The molecule has 0 aliphatic carbocycles. The number of nitrogens with zero attached hydrogens (tertiary/aromatic N) is 3. The first-order valence-corrected chi connectivity index (χ1v) is 9.62. The molecule has 0 aromatic heterocycles. The number of piperidine rings is 1. The first-order valence-electron chi connectivity index (χ1n) is 9.62. The molecule has 0 bridgehead atoms. The van der Waals surface area contributed by atoms with Crippen LogP contribution in [0.25, 0.3) is 0 Å². The van der Waals surface area contributed by atoms with Crippen LogP contribution in [0.15, 0.2) is 0 Å². The van der Waals surface area contributed by atoms with Crippen molar-refractivity contribution < 1.29 is 9.59 Å². The standard InChI is InChI=1S/C18H34N4O2.2ClH/c1-3-20(4-2)15-18(24)22-13-11-21(12-14-22)17(23)6-5-16-7-9-19-10-8-16;;/h16,19H,3-15H2,1-2H3;2*1H. The number of likely N-dealkylation sites (N-methyl/N-ethyl adjacent to an activating group) is 1. The maximum absolute atomic E-state index is 12.4. The third-order valence-electron chi connectivity index (χ3n) is 5.46. The van der Waals surface area contributed by atoms with Gasteiger partial charge in [-0.1, -0.05) is 13.8 Å². The van der Waals surface area contributed by atoms with E-state index in [0.717, 1.165) is 32.6 Å². The van der Waals surface area contributed by atoms with Crippen LogP contribution >= 0.6 is 24.8 Å². The van der Waals surface area contributed by atoms with E-state index in [0.29, 0.717) is 45.1 Å². The number of halogens is 2. The maximum Gasteiger partial charge on any atom is 0.236 e. The molecule has 2 rings (SSSR count). The van der Waals surface area contributed by atoms with E-state index in [1.54, 1.807) is 0 Å². The van der Waals surface area contributed by atoms with Gasteiger partial charge in [-0.25, -0.2) is 0 Å². The summed E-state index contributed by atoms with van der Waals surface area (Å²) < 4.78 is 0. The molecule has 0 aromatic rings. The highest BCUT2D eigenvalue weighted by molar-refractivity contribution is 5.85. The normalized spacial score (nSPS) is 18.3. The van der Waals surface area contributed by atoms with Gasteiger partial charge < -0.3 is 15.1 Å². The number of piperazine rings is 1. The highest BCUT2D eigenvalue weighted by atomic mass is 35.5. The third-order valence-corrected chi connectivity index (χ3v) is 5.46. The van der Waals surface area contributed by atoms with Crippen molar-refractivity contribution in [1.82, 2.24) is 20.0 Å². The van der Waals surface area contributed by atoms with E-state index >= 15 is 0 Å². The van der Waals surface area contributed by atoms with Crippen molar-refractivity contribution in [1.29, 1.82) is 0 Å². The molecule has 2 fully saturated rings. The van der Waals surface area contributed by atoms with Gasteiger partial charge in [-0.15, -0.1) is 24.8 Å². The second-order valence-electron chi connectivity index (χ2n) is 6.96. The molecule has 2 heterocycles. The van der Waals surface area contributed by atoms with Gasteiger partial charge in [-0.3, -0.25) is 14.5 Å². The molecule has 154 valence electrons. The Kier molecular flexibility index (Phi) is 13.3. The van der Waals surface area contributed by atoms with Crippen molar-refractivity contribution in [2.45, 2.75) is 39.5 Å². The summed E-state index contributed by atoms with van der Waals surface area (Å²) in [6.07, 6.45) is 4.07. The number of carbonyl (C=O) groups is 2. The second-order valence-corrected chi connectivity index (χ2v) is 6.96. The lowest BCUT2D eigenvalue weighted by atomic mass is 9.93. The monoisotopic (exact) mass is 410 g/mol. The van der Waals surface area contributed by atoms with Crippen molar-refractivity contribution in [2.24, 2.45) is 5.92 Å². The smallest absolute Gasteiger partial charge is 0.236 e. The van der Waals surface area contributed by atoms with Crippen molar-refractivity contribution in [2.75, 3.05) is 58.9 Å². The maximum atomic E-state index is 12.4. The van der Waals surface area contributed by atoms with E-state index in [4.69, 9.17) is 0 Å². The zero-order valence-electron chi connectivity index (χ0n) is 16.2. The summed E-state index contributed by atoms with van der Waals surface area (Å²) >= 11 is 0. The molecule has 6 nitrogen and oxygen atoms in total. The van der Waals surface area contributed by atoms with Crippen LogP contribution in [0.2, 0.25) is 0 Å². The molecule has 2 amide bonds. The van der Waals surface area contributed by atoms with Crippen LogP contribution in [0.4, 0.5) is 0 Å². The minimum atomic E-state index is 0. The van der Waals surface area contributed by atoms with Crippen molar-refractivity contribution in [3.8, 4) is 0 Å². The number of hydrogen-bond acceptors (Lipinski definition) is 4. The predicted molar refractivity (Wildman–Crippen MR) is 110 cm³/mol. The molecule has 0 aromatic carbocycles. The first kappa shape index (κ1) is 25.4. The van der Waals surface area contributed by atoms with Gasteiger partial charge in [0.15, 0.2) is 0 Å². The predicted octanol–water partition coefficient (Wildman–Crippen LogP) is 1.62. The van der Waals surface area contributed by atoms with E-state index in [1.165, 1.54) is 12.8 Å². The quantitative estimate of drug-likeness (QED) is 0.692. The van der Waals surface area contributed by atoms with Gasteiger partial charge in [0.25, 0.3) is 0 Å². The van der Waals surface area contributed by atoms with Crippen LogP contribution < -0.4 is 5.32 Å². The van der Waals surface area contributed by atoms with Gasteiger partial charge in [0.05, 0.1) is 6.54 Å². The lowest BCUT2D eigenvalue weighted by Gasteiger charge is -2.36. The average Bonchev–Trinajstić information content (AvgIpc) is 2.65. The Bertz CT molecular complexity index is 408. The van der Waals surface area contributed by atoms with Crippen LogP contribution in [0.3, 0.4) is 0 Å². The van der Waals surface area contributed by atoms with Crippen LogP contribution in [0, 0.1) is 5.92 Å². The summed E-state index contributed by atoms with van der Waals surface area (Å²) in [4.78, 5) is 30.7. The van der Waals surface area contributed by atoms with Crippen LogP contribution in [0.5, 0.6) is 0 Å². The highest BCUT2D eigenvalue weighted by Crippen LogP contribution is 2.18. The fourth-order valence-electron chi connectivity index (χ4n) is 3.60. The lowest BCUT2D eigenvalue weighted by Crippen LogP contribution is -2.52. The van der Waals surface area contributed by atoms with Gasteiger partial charge in [-0.2, -0.15) is 0 Å². The van der Waals surface area contributed by atoms with Crippen molar-refractivity contribution in [3.05, 3.63) is 0 Å². The van der Waals surface area contributed by atoms with Crippen LogP contribution in [0.1, 0.15) is 39.5 Å². The number of amides is 2. The number of nitrogens with one attached hydrogen (secondary N) is 1. The summed E-state index contributed by atoms with van der Waals surface area (Å²) in [6, 6.07) is 0. The number of carbonyl (C=O) groups excluding carboxylic acids is 2. The van der Waals surface area contributed by atoms with Gasteiger partial charge >= 0.3 is 0 Å². The highest BCUT2D eigenvalue weighted by Gasteiger charge is 2.25. The van der Waals surface area contributed by atoms with Crippen LogP contribution in [-0.2, 0) is 9.59 Å². The Labute approximate surface area is 170 Å². The zero-order chi connectivity index (χ0) is 17.4. The molecular formula is C18H36Cl2N4O2. The largest absolute Gasteiger partial charge is 0.339 e. The molecule has 8 heteroatoms. The first-order chi connectivity index (χ1) is 11.6. The average molecular weight is 411 g/mol. The molecule has 0 spiro atoms. The van der Waals surface area contributed by atoms with E-state index in [-0.39, 0.29) is 36.6 Å². The minimum Gasteiger partial charge on any atom is -0.339 e. The molecule has 0 radical (unpaired) electrons. The molecule has 2 aliphatic rings. The molecule has 0 saturated carbocycles. The molecule has 26 heavy (non-hydrogen) atoms. The van der Waals surface area contributed by atoms with Gasteiger partial charge in [-0.05, 0) is 51.4 Å². The molecule has 0 unspecified atom stereocenters. The summed E-state index contributed by atoms with van der Waals surface area (Å²) in [5.74, 6) is 1.16. The van der Waals surface area contributed by atoms with Gasteiger partial charge in [0.2, 0.25) is 11.8 Å². The minimum absolute atomic E-state index is 0. The SMILES string of the molecule is CCN(CC)CC(=O)N1CCN(C(=O)CCC2CCNCC2)CC1.Cl.Cl. The Morgan fingerprint density at radius 1 is 0.923 bits per heavy atom. The fraction of sp³-hybridized carbons (Fsp3) is 0.889. The zero-order valence-corrected chi connectivity index (χ0v) is 17.9.